The monoisotopic (exact) mass is 211 g/mol. The molecule has 0 bridgehead atoms. The molecule has 3 heteroatoms. The second-order valence-electron chi connectivity index (χ2n) is 3.72. The Balaban J connectivity index is 3.00. The Hall–Kier alpha value is -1.09. The highest BCUT2D eigenvalue weighted by Gasteiger charge is 2.15. The summed E-state index contributed by atoms with van der Waals surface area (Å²) in [5.41, 5.74) is 0.413. The summed E-state index contributed by atoms with van der Waals surface area (Å²) in [6.45, 7) is 5.23. The topological polar surface area (TPSA) is 29.5 Å². The first kappa shape index (κ1) is 12.0. The van der Waals surface area contributed by atoms with E-state index in [-0.39, 0.29) is 18.5 Å². The lowest BCUT2D eigenvalue weighted by atomic mass is 10.0. The molecule has 0 saturated carbocycles. The maximum atomic E-state index is 13.8. The van der Waals surface area contributed by atoms with Crippen molar-refractivity contribution in [1.82, 2.24) is 0 Å². The molecule has 83 valence electrons. The Bertz CT molecular complexity index is 323. The normalized spacial score (nSPS) is 11.1. The first-order valence-corrected chi connectivity index (χ1v) is 4.95. The van der Waals surface area contributed by atoms with Crippen molar-refractivity contribution in [2.24, 2.45) is 0 Å². The van der Waals surface area contributed by atoms with Crippen molar-refractivity contribution < 1.29 is 14.2 Å². The summed E-state index contributed by atoms with van der Waals surface area (Å²) in [5.74, 6) is 0.426. The van der Waals surface area contributed by atoms with Gasteiger partial charge in [0.1, 0.15) is 0 Å². The molecule has 0 amide bonds. The predicted octanol–water partition coefficient (Wildman–Crippen LogP) is 2.55. The summed E-state index contributed by atoms with van der Waals surface area (Å²) in [7, 11) is 0. The highest BCUT2D eigenvalue weighted by atomic mass is 19.1. The largest absolute Gasteiger partial charge is 0.488 e. The van der Waals surface area contributed by atoms with E-state index in [0.717, 1.165) is 0 Å². The average Bonchev–Trinajstić information content (AvgIpc) is 2.19. The zero-order chi connectivity index (χ0) is 11.4. The van der Waals surface area contributed by atoms with Crippen LogP contribution in [0.1, 0.15) is 26.3 Å². The van der Waals surface area contributed by atoms with Crippen LogP contribution in [0.3, 0.4) is 0 Å². The molecule has 0 saturated heterocycles. The Kier molecular flexibility index (Phi) is 4.09. The van der Waals surface area contributed by atoms with Crippen LogP contribution in [-0.2, 0) is 0 Å². The van der Waals surface area contributed by atoms with Crippen molar-refractivity contribution in [1.29, 1.82) is 0 Å². The van der Waals surface area contributed by atoms with E-state index >= 15 is 0 Å². The summed E-state index contributed by atoms with van der Waals surface area (Å²) < 4.78 is 19.1. The first-order valence-electron chi connectivity index (χ1n) is 4.95. The van der Waals surface area contributed by atoms with Gasteiger partial charge in [0.2, 0.25) is 0 Å². The van der Waals surface area contributed by atoms with Gasteiger partial charge in [-0.1, -0.05) is 19.1 Å². The summed E-state index contributed by atoms with van der Waals surface area (Å²) in [6.07, 6.45) is -0.0656. The third-order valence-electron chi connectivity index (χ3n) is 2.02. The molecule has 2 nitrogen and oxygen atoms in total. The lowest BCUT2D eigenvalue weighted by molar-refractivity contribution is 0.230. The fraction of sp³-hybridized carbons (Fsp3) is 0.417. The van der Waals surface area contributed by atoms with E-state index in [1.165, 1.54) is 0 Å². The molecule has 1 aromatic carbocycles. The quantitative estimate of drug-likeness (QED) is 0.829. The van der Waals surface area contributed by atoms with Crippen LogP contribution in [0.15, 0.2) is 18.2 Å². The number of aliphatic hydroxyl groups is 1. The van der Waals surface area contributed by atoms with Crippen LogP contribution in [0, 0.1) is 11.7 Å². The van der Waals surface area contributed by atoms with Gasteiger partial charge in [0.25, 0.3) is 0 Å². The van der Waals surface area contributed by atoms with E-state index in [2.05, 4.69) is 0 Å². The van der Waals surface area contributed by atoms with Gasteiger partial charge < -0.3 is 9.84 Å². The van der Waals surface area contributed by atoms with Crippen LogP contribution in [0.2, 0.25) is 0 Å². The van der Waals surface area contributed by atoms with E-state index in [9.17, 15) is 4.39 Å². The zero-order valence-electron chi connectivity index (χ0n) is 9.25. The van der Waals surface area contributed by atoms with Crippen molar-refractivity contribution >= 4 is 0 Å². The van der Waals surface area contributed by atoms with Crippen LogP contribution in [0.4, 0.5) is 4.39 Å². The molecule has 1 rings (SSSR count). The van der Waals surface area contributed by atoms with Crippen LogP contribution in [-0.4, -0.2) is 17.8 Å². The van der Waals surface area contributed by atoms with E-state index in [0.29, 0.717) is 11.5 Å². The SMILES string of the molecule is C[C](CO)c1cccc(OC(C)C)c1F. The number of aliphatic hydroxyl groups excluding tert-OH is 1. The van der Waals surface area contributed by atoms with Gasteiger partial charge in [-0.15, -0.1) is 0 Å². The molecule has 1 aromatic rings. The van der Waals surface area contributed by atoms with Gasteiger partial charge in [-0.2, -0.15) is 0 Å². The molecular weight excluding hydrogens is 195 g/mol. The van der Waals surface area contributed by atoms with Crippen LogP contribution in [0.5, 0.6) is 5.75 Å². The van der Waals surface area contributed by atoms with Crippen LogP contribution < -0.4 is 4.74 Å². The lowest BCUT2D eigenvalue weighted by Gasteiger charge is -2.14. The van der Waals surface area contributed by atoms with Crippen molar-refractivity contribution in [2.75, 3.05) is 6.61 Å². The number of rotatable bonds is 4. The minimum absolute atomic E-state index is 0.0656. The summed E-state index contributed by atoms with van der Waals surface area (Å²) in [6, 6.07) is 4.94. The van der Waals surface area contributed by atoms with Gasteiger partial charge in [-0.05, 0) is 19.9 Å². The van der Waals surface area contributed by atoms with E-state index in [4.69, 9.17) is 9.84 Å². The fourth-order valence-electron chi connectivity index (χ4n) is 1.27. The van der Waals surface area contributed by atoms with Crippen molar-refractivity contribution in [3.8, 4) is 5.75 Å². The van der Waals surface area contributed by atoms with E-state index in [1.807, 2.05) is 13.8 Å². The Morgan fingerprint density at radius 2 is 2.13 bits per heavy atom. The van der Waals surface area contributed by atoms with Gasteiger partial charge in [0, 0.05) is 11.5 Å². The maximum absolute atomic E-state index is 13.8. The number of hydrogen-bond donors (Lipinski definition) is 1. The van der Waals surface area contributed by atoms with Crippen molar-refractivity contribution in [2.45, 2.75) is 26.9 Å². The lowest BCUT2D eigenvalue weighted by Crippen LogP contribution is -2.09. The zero-order valence-corrected chi connectivity index (χ0v) is 9.25. The third kappa shape index (κ3) is 2.93. The minimum Gasteiger partial charge on any atom is -0.488 e. The summed E-state index contributed by atoms with van der Waals surface area (Å²) in [4.78, 5) is 0. The Morgan fingerprint density at radius 3 is 2.67 bits per heavy atom. The molecule has 0 spiro atoms. The molecule has 0 aromatic heterocycles. The van der Waals surface area contributed by atoms with Gasteiger partial charge in [0.15, 0.2) is 11.6 Å². The molecule has 15 heavy (non-hydrogen) atoms. The molecule has 1 N–H and O–H groups in total. The summed E-state index contributed by atoms with van der Waals surface area (Å²) in [5, 5.41) is 8.94. The molecule has 0 atom stereocenters. The smallest absolute Gasteiger partial charge is 0.168 e. The molecule has 1 radical (unpaired) electrons. The number of halogens is 1. The molecule has 0 unspecified atom stereocenters. The standard InChI is InChI=1S/C12H16FO2/c1-8(2)15-11-6-4-5-10(12(11)13)9(3)7-14/h4-6,8,14H,7H2,1-3H3. The predicted molar refractivity (Wildman–Crippen MR) is 57.3 cm³/mol. The Morgan fingerprint density at radius 1 is 1.47 bits per heavy atom. The fourth-order valence-corrected chi connectivity index (χ4v) is 1.27. The van der Waals surface area contributed by atoms with Gasteiger partial charge in [0.05, 0.1) is 12.7 Å². The second-order valence-corrected chi connectivity index (χ2v) is 3.72. The van der Waals surface area contributed by atoms with Gasteiger partial charge in [-0.3, -0.25) is 0 Å². The van der Waals surface area contributed by atoms with E-state index in [1.54, 1.807) is 25.1 Å². The van der Waals surface area contributed by atoms with Crippen molar-refractivity contribution in [3.05, 3.63) is 35.5 Å². The minimum atomic E-state index is -0.405. The molecule has 0 aliphatic carbocycles. The van der Waals surface area contributed by atoms with Crippen molar-refractivity contribution in [3.63, 3.8) is 0 Å². The third-order valence-corrected chi connectivity index (χ3v) is 2.02. The maximum Gasteiger partial charge on any atom is 0.168 e. The number of benzene rings is 1. The highest BCUT2D eigenvalue weighted by Crippen LogP contribution is 2.26. The number of hydrogen-bond acceptors (Lipinski definition) is 2. The second kappa shape index (κ2) is 5.12. The molecule has 0 aliphatic rings. The highest BCUT2D eigenvalue weighted by molar-refractivity contribution is 5.38. The summed E-state index contributed by atoms with van der Waals surface area (Å²) >= 11 is 0. The Labute approximate surface area is 89.7 Å². The average molecular weight is 211 g/mol. The number of ether oxygens (including phenoxy) is 1. The first-order chi connectivity index (χ1) is 7.06. The molecule has 0 fully saturated rings. The van der Waals surface area contributed by atoms with E-state index < -0.39 is 5.82 Å². The molecule has 0 heterocycles. The van der Waals surface area contributed by atoms with Gasteiger partial charge >= 0.3 is 0 Å². The van der Waals surface area contributed by atoms with Crippen LogP contribution in [0.25, 0.3) is 0 Å². The molecule has 0 aliphatic heterocycles. The van der Waals surface area contributed by atoms with Crippen LogP contribution >= 0.6 is 0 Å². The van der Waals surface area contributed by atoms with Gasteiger partial charge in [-0.25, -0.2) is 4.39 Å². The molecular formula is C12H16FO2.